The Bertz CT molecular complexity index is 1110. The second-order valence-electron chi connectivity index (χ2n) is 8.04. The molecule has 2 aromatic carbocycles. The average molecular weight is 467 g/mol. The minimum atomic E-state index is -0.441. The number of fused-ring (bicyclic) bond motifs is 1. The van der Waals surface area contributed by atoms with Gasteiger partial charge in [0.15, 0.2) is 0 Å². The van der Waals surface area contributed by atoms with E-state index in [1.165, 1.54) is 17.0 Å². The molecule has 9 heteroatoms. The maximum atomic E-state index is 14.1. The molecular formula is C25H27FN4O4. The van der Waals surface area contributed by atoms with Crippen molar-refractivity contribution in [1.82, 2.24) is 4.90 Å². The number of nitrogens with one attached hydrogen (secondary N) is 1. The van der Waals surface area contributed by atoms with Crippen molar-refractivity contribution in [2.75, 3.05) is 54.4 Å². The highest BCUT2D eigenvalue weighted by atomic mass is 19.1. The van der Waals surface area contributed by atoms with E-state index in [0.29, 0.717) is 48.9 Å². The van der Waals surface area contributed by atoms with Gasteiger partial charge in [-0.15, -0.1) is 0 Å². The number of halogens is 1. The molecule has 0 aromatic heterocycles. The number of carbonyl (C=O) groups excluding carboxylic acids is 3. The Balaban J connectivity index is 1.45. The van der Waals surface area contributed by atoms with E-state index < -0.39 is 11.9 Å². The number of benzene rings is 2. The lowest BCUT2D eigenvalue weighted by molar-refractivity contribution is -0.142. The normalized spacial score (nSPS) is 15.8. The van der Waals surface area contributed by atoms with Crippen LogP contribution in [0.15, 0.2) is 60.3 Å². The fourth-order valence-corrected chi connectivity index (χ4v) is 4.14. The summed E-state index contributed by atoms with van der Waals surface area (Å²) in [5, 5.41) is 3.12. The van der Waals surface area contributed by atoms with Gasteiger partial charge in [-0.25, -0.2) is 4.39 Å². The molecule has 0 radical (unpaired) electrons. The van der Waals surface area contributed by atoms with Crippen LogP contribution in [0, 0.1) is 5.82 Å². The third kappa shape index (κ3) is 5.19. The highest BCUT2D eigenvalue weighted by molar-refractivity contribution is 6.09. The Hall–Kier alpha value is -3.88. The Morgan fingerprint density at radius 2 is 1.68 bits per heavy atom. The zero-order valence-electron chi connectivity index (χ0n) is 19.0. The summed E-state index contributed by atoms with van der Waals surface area (Å²) in [6, 6.07) is 13.7. The fourth-order valence-electron chi connectivity index (χ4n) is 4.14. The van der Waals surface area contributed by atoms with E-state index in [4.69, 9.17) is 4.74 Å². The number of ether oxygens (including phenoxy) is 1. The highest BCUT2D eigenvalue weighted by Gasteiger charge is 2.29. The topological polar surface area (TPSA) is 82.2 Å². The second kappa shape index (κ2) is 10.4. The van der Waals surface area contributed by atoms with Crippen LogP contribution in [-0.4, -0.2) is 62.0 Å². The maximum absolute atomic E-state index is 14.1. The number of anilines is 3. The maximum Gasteiger partial charge on any atom is 0.311 e. The van der Waals surface area contributed by atoms with E-state index in [1.807, 2.05) is 11.0 Å². The lowest BCUT2D eigenvalue weighted by Crippen LogP contribution is -2.52. The summed E-state index contributed by atoms with van der Waals surface area (Å²) in [6.45, 7) is 3.70. The van der Waals surface area contributed by atoms with Crippen molar-refractivity contribution in [2.24, 2.45) is 0 Å². The Kier molecular flexibility index (Phi) is 7.10. The lowest BCUT2D eigenvalue weighted by atomic mass is 10.2. The van der Waals surface area contributed by atoms with E-state index in [0.717, 1.165) is 0 Å². The van der Waals surface area contributed by atoms with E-state index in [-0.39, 0.29) is 31.3 Å². The molecule has 1 saturated heterocycles. The molecule has 0 atom stereocenters. The van der Waals surface area contributed by atoms with Crippen LogP contribution in [0.5, 0.6) is 0 Å². The Morgan fingerprint density at radius 3 is 2.38 bits per heavy atom. The molecule has 0 unspecified atom stereocenters. The number of rotatable bonds is 6. The number of carbonyl (C=O) groups is 3. The molecule has 0 aliphatic carbocycles. The Labute approximate surface area is 197 Å². The van der Waals surface area contributed by atoms with Gasteiger partial charge in [-0.3, -0.25) is 19.3 Å². The smallest absolute Gasteiger partial charge is 0.311 e. The van der Waals surface area contributed by atoms with Gasteiger partial charge in [-0.1, -0.05) is 24.3 Å². The van der Waals surface area contributed by atoms with Gasteiger partial charge in [-0.2, -0.15) is 0 Å². The molecule has 2 amide bonds. The van der Waals surface area contributed by atoms with Crippen LogP contribution < -0.4 is 15.1 Å². The van der Waals surface area contributed by atoms with Crippen molar-refractivity contribution < 1.29 is 23.5 Å². The summed E-state index contributed by atoms with van der Waals surface area (Å²) in [5.74, 6) is -1.32. The van der Waals surface area contributed by atoms with Gasteiger partial charge in [-0.05, 0) is 31.2 Å². The third-order valence-corrected chi connectivity index (χ3v) is 5.81. The van der Waals surface area contributed by atoms with Crippen LogP contribution in [0.3, 0.4) is 0 Å². The van der Waals surface area contributed by atoms with Gasteiger partial charge < -0.3 is 19.9 Å². The minimum absolute atomic E-state index is 0.0757. The molecule has 2 aromatic rings. The van der Waals surface area contributed by atoms with E-state index in [2.05, 4.69) is 5.32 Å². The predicted octanol–water partition coefficient (Wildman–Crippen LogP) is 2.77. The zero-order valence-corrected chi connectivity index (χ0v) is 19.0. The summed E-state index contributed by atoms with van der Waals surface area (Å²) in [5.41, 5.74) is 2.11. The standard InChI is InChI=1S/C25H27FN4O4/c1-2-34-25(33)16-18-15-23(31)30(22-10-6-4-8-20(22)27-18)17-24(32)29-13-11-28(12-14-29)21-9-5-3-7-19(21)26/h3-10,15,27H,2,11-14,16-17H2,1H3. The lowest BCUT2D eigenvalue weighted by Gasteiger charge is -2.37. The van der Waals surface area contributed by atoms with Gasteiger partial charge in [0.2, 0.25) is 5.91 Å². The highest BCUT2D eigenvalue weighted by Crippen LogP contribution is 2.30. The quantitative estimate of drug-likeness (QED) is 0.660. The first-order valence-electron chi connectivity index (χ1n) is 11.3. The monoisotopic (exact) mass is 466 g/mol. The van der Waals surface area contributed by atoms with Crippen molar-refractivity contribution >= 4 is 34.8 Å². The van der Waals surface area contributed by atoms with Crippen LogP contribution >= 0.6 is 0 Å². The summed E-state index contributed by atoms with van der Waals surface area (Å²) < 4.78 is 19.1. The van der Waals surface area contributed by atoms with Gasteiger partial charge in [0.25, 0.3) is 5.91 Å². The predicted molar refractivity (Wildman–Crippen MR) is 127 cm³/mol. The molecule has 2 aliphatic rings. The number of hydrogen-bond donors (Lipinski definition) is 1. The molecule has 0 bridgehead atoms. The van der Waals surface area contributed by atoms with Crippen LogP contribution in [0.2, 0.25) is 0 Å². The first-order valence-corrected chi connectivity index (χ1v) is 11.3. The van der Waals surface area contributed by atoms with Crippen molar-refractivity contribution in [3.8, 4) is 0 Å². The number of hydrogen-bond acceptors (Lipinski definition) is 6. The van der Waals surface area contributed by atoms with Crippen molar-refractivity contribution in [2.45, 2.75) is 13.3 Å². The molecule has 1 N–H and O–H groups in total. The van der Waals surface area contributed by atoms with Crippen molar-refractivity contribution in [3.05, 3.63) is 66.1 Å². The van der Waals surface area contributed by atoms with Crippen LogP contribution in [0.4, 0.5) is 21.5 Å². The molecule has 0 spiro atoms. The molecule has 178 valence electrons. The van der Waals surface area contributed by atoms with Gasteiger partial charge in [0.05, 0.1) is 30.1 Å². The molecule has 2 aliphatic heterocycles. The molecule has 0 saturated carbocycles. The van der Waals surface area contributed by atoms with Gasteiger partial charge >= 0.3 is 5.97 Å². The molecule has 2 heterocycles. The summed E-state index contributed by atoms with van der Waals surface area (Å²) in [7, 11) is 0. The molecule has 8 nitrogen and oxygen atoms in total. The molecule has 4 rings (SSSR count). The molecule has 34 heavy (non-hydrogen) atoms. The van der Waals surface area contributed by atoms with E-state index >= 15 is 0 Å². The first-order chi connectivity index (χ1) is 16.5. The average Bonchev–Trinajstić information content (AvgIpc) is 2.95. The van der Waals surface area contributed by atoms with Crippen LogP contribution in [0.1, 0.15) is 13.3 Å². The Morgan fingerprint density at radius 1 is 1.00 bits per heavy atom. The molecular weight excluding hydrogens is 439 g/mol. The van der Waals surface area contributed by atoms with Crippen molar-refractivity contribution in [3.63, 3.8) is 0 Å². The summed E-state index contributed by atoms with van der Waals surface area (Å²) >= 11 is 0. The second-order valence-corrected chi connectivity index (χ2v) is 8.04. The number of esters is 1. The minimum Gasteiger partial charge on any atom is -0.466 e. The summed E-state index contributed by atoms with van der Waals surface area (Å²) in [4.78, 5) is 43.1. The number of amides is 2. The third-order valence-electron chi connectivity index (χ3n) is 5.81. The SMILES string of the molecule is CCOC(=O)CC1=CC(=O)N(CC(=O)N2CCN(c3ccccc3F)CC2)c2ccccc2N1. The van der Waals surface area contributed by atoms with E-state index in [9.17, 15) is 18.8 Å². The largest absolute Gasteiger partial charge is 0.466 e. The van der Waals surface area contributed by atoms with Crippen molar-refractivity contribution in [1.29, 1.82) is 0 Å². The van der Waals surface area contributed by atoms with Crippen LogP contribution in [0.25, 0.3) is 0 Å². The number of piperazine rings is 1. The fraction of sp³-hybridized carbons (Fsp3) is 0.320. The van der Waals surface area contributed by atoms with Crippen LogP contribution in [-0.2, 0) is 19.1 Å². The van der Waals surface area contributed by atoms with Gasteiger partial charge in [0.1, 0.15) is 12.4 Å². The van der Waals surface area contributed by atoms with E-state index in [1.54, 1.807) is 48.2 Å². The molecule has 1 fully saturated rings. The zero-order chi connectivity index (χ0) is 24.1. The number of nitrogens with zero attached hydrogens (tertiary/aromatic N) is 3. The summed E-state index contributed by atoms with van der Waals surface area (Å²) in [6.07, 6.45) is 1.26. The number of para-hydroxylation sites is 3. The first kappa shape index (κ1) is 23.3. The van der Waals surface area contributed by atoms with Gasteiger partial charge in [0, 0.05) is 38.0 Å².